The maximum Gasteiger partial charge on any atom is 0.322 e. The Morgan fingerprint density at radius 1 is 1.26 bits per heavy atom. The Morgan fingerprint density at radius 2 is 2.13 bits per heavy atom. The van der Waals surface area contributed by atoms with Crippen LogP contribution in [0.1, 0.15) is 41.5 Å². The predicted octanol–water partition coefficient (Wildman–Crippen LogP) is 5.86. The Bertz CT molecular complexity index is 685. The molecule has 1 saturated heterocycles. The molecular weight excluding hydrogens is 328 g/mol. The highest BCUT2D eigenvalue weighted by atomic mass is 35.5. The first-order valence-corrected chi connectivity index (χ1v) is 9.22. The van der Waals surface area contributed by atoms with Crippen molar-refractivity contribution in [1.82, 2.24) is 4.90 Å². The van der Waals surface area contributed by atoms with Gasteiger partial charge in [0.25, 0.3) is 0 Å². The van der Waals surface area contributed by atoms with Crippen molar-refractivity contribution in [3.05, 3.63) is 51.2 Å². The standard InChI is InChI=1S/C18H21ClN2OS/c1-13-9-10-17(23-13)16-8-3-2-4-11-21(16)18(22)20-15-7-5-6-14(19)12-15/h5-7,9-10,12,16H,2-4,8,11H2,1H3,(H,20,22)/t16-/m1/s1. The molecule has 3 rings (SSSR count). The first-order valence-electron chi connectivity index (χ1n) is 8.03. The van der Waals surface area contributed by atoms with Crippen molar-refractivity contribution >= 4 is 34.7 Å². The smallest absolute Gasteiger partial charge is 0.317 e. The van der Waals surface area contributed by atoms with Gasteiger partial charge in [-0.3, -0.25) is 0 Å². The molecular formula is C18H21ClN2OS. The van der Waals surface area contributed by atoms with Gasteiger partial charge >= 0.3 is 6.03 Å². The molecule has 23 heavy (non-hydrogen) atoms. The summed E-state index contributed by atoms with van der Waals surface area (Å²) in [6.07, 6.45) is 4.44. The lowest BCUT2D eigenvalue weighted by Gasteiger charge is -2.29. The van der Waals surface area contributed by atoms with Crippen molar-refractivity contribution in [1.29, 1.82) is 0 Å². The van der Waals surface area contributed by atoms with E-state index >= 15 is 0 Å². The average molecular weight is 349 g/mol. The topological polar surface area (TPSA) is 32.3 Å². The van der Waals surface area contributed by atoms with Crippen LogP contribution in [0.25, 0.3) is 0 Å². The molecule has 122 valence electrons. The summed E-state index contributed by atoms with van der Waals surface area (Å²) in [6, 6.07) is 11.7. The average Bonchev–Trinajstić information content (AvgIpc) is 2.81. The first-order chi connectivity index (χ1) is 11.1. The van der Waals surface area contributed by atoms with Gasteiger partial charge in [-0.1, -0.05) is 30.5 Å². The van der Waals surface area contributed by atoms with Crippen LogP contribution in [-0.4, -0.2) is 17.5 Å². The van der Waals surface area contributed by atoms with E-state index in [1.54, 1.807) is 23.5 Å². The second kappa shape index (κ2) is 7.37. The zero-order valence-electron chi connectivity index (χ0n) is 13.2. The van der Waals surface area contributed by atoms with Gasteiger partial charge in [0.05, 0.1) is 6.04 Å². The van der Waals surface area contributed by atoms with Crippen LogP contribution in [0.3, 0.4) is 0 Å². The van der Waals surface area contributed by atoms with E-state index in [0.717, 1.165) is 25.1 Å². The maximum absolute atomic E-state index is 12.8. The third-order valence-electron chi connectivity index (χ3n) is 4.18. The molecule has 1 aromatic carbocycles. The minimum absolute atomic E-state index is 0.0368. The van der Waals surface area contributed by atoms with Crippen LogP contribution in [-0.2, 0) is 0 Å². The minimum atomic E-state index is -0.0368. The third kappa shape index (κ3) is 4.06. The van der Waals surface area contributed by atoms with Gasteiger partial charge in [0, 0.05) is 27.0 Å². The van der Waals surface area contributed by atoms with Gasteiger partial charge in [0.15, 0.2) is 0 Å². The second-order valence-electron chi connectivity index (χ2n) is 5.95. The first kappa shape index (κ1) is 16.3. The highest BCUT2D eigenvalue weighted by Gasteiger charge is 2.27. The van der Waals surface area contributed by atoms with Crippen LogP contribution in [0, 0.1) is 6.92 Å². The highest BCUT2D eigenvalue weighted by Crippen LogP contribution is 2.34. The van der Waals surface area contributed by atoms with Crippen LogP contribution < -0.4 is 5.32 Å². The number of aryl methyl sites for hydroxylation is 1. The van der Waals surface area contributed by atoms with Gasteiger partial charge in [0.2, 0.25) is 0 Å². The van der Waals surface area contributed by atoms with Gasteiger partial charge in [-0.15, -0.1) is 11.3 Å². The number of hydrogen-bond donors (Lipinski definition) is 1. The van der Waals surface area contributed by atoms with E-state index in [0.29, 0.717) is 5.02 Å². The van der Waals surface area contributed by atoms with E-state index < -0.39 is 0 Å². The fourth-order valence-corrected chi connectivity index (χ4v) is 4.26. The van der Waals surface area contributed by atoms with Crippen LogP contribution in [0.2, 0.25) is 5.02 Å². The van der Waals surface area contributed by atoms with Crippen LogP contribution >= 0.6 is 22.9 Å². The van der Waals surface area contributed by atoms with Gasteiger partial charge in [-0.2, -0.15) is 0 Å². The third-order valence-corrected chi connectivity index (χ3v) is 5.52. The lowest BCUT2D eigenvalue weighted by molar-refractivity contribution is 0.190. The van der Waals surface area contributed by atoms with Gasteiger partial charge in [0.1, 0.15) is 0 Å². The number of nitrogens with one attached hydrogen (secondary N) is 1. The molecule has 1 aliphatic rings. The summed E-state index contributed by atoms with van der Waals surface area (Å²) < 4.78 is 0. The molecule has 1 fully saturated rings. The number of amides is 2. The monoisotopic (exact) mass is 348 g/mol. The van der Waals surface area contributed by atoms with Crippen LogP contribution in [0.4, 0.5) is 10.5 Å². The second-order valence-corrected chi connectivity index (χ2v) is 7.70. The van der Waals surface area contributed by atoms with Gasteiger partial charge in [-0.25, -0.2) is 4.79 Å². The number of thiophene rings is 1. The summed E-state index contributed by atoms with van der Waals surface area (Å²) in [4.78, 5) is 17.4. The molecule has 1 aliphatic heterocycles. The summed E-state index contributed by atoms with van der Waals surface area (Å²) in [6.45, 7) is 2.91. The van der Waals surface area contributed by atoms with Crippen LogP contribution in [0.5, 0.6) is 0 Å². The highest BCUT2D eigenvalue weighted by molar-refractivity contribution is 7.12. The normalized spacial score (nSPS) is 18.5. The molecule has 0 radical (unpaired) electrons. The van der Waals surface area contributed by atoms with Crippen molar-refractivity contribution in [2.75, 3.05) is 11.9 Å². The Hall–Kier alpha value is -1.52. The zero-order chi connectivity index (χ0) is 16.2. The number of halogens is 1. The Balaban J connectivity index is 1.80. The predicted molar refractivity (Wildman–Crippen MR) is 97.4 cm³/mol. The number of carbonyl (C=O) groups is 1. The number of rotatable bonds is 2. The Morgan fingerprint density at radius 3 is 2.87 bits per heavy atom. The molecule has 0 spiro atoms. The number of anilines is 1. The van der Waals surface area contributed by atoms with Crippen molar-refractivity contribution in [3.63, 3.8) is 0 Å². The molecule has 2 heterocycles. The fourth-order valence-electron chi connectivity index (χ4n) is 3.04. The van der Waals surface area contributed by atoms with Crippen molar-refractivity contribution < 1.29 is 4.79 Å². The zero-order valence-corrected chi connectivity index (χ0v) is 14.8. The Kier molecular flexibility index (Phi) is 5.23. The van der Waals surface area contributed by atoms with E-state index in [4.69, 9.17) is 11.6 Å². The molecule has 0 unspecified atom stereocenters. The number of benzene rings is 1. The SMILES string of the molecule is Cc1ccc([C@H]2CCCCCN2C(=O)Nc2cccc(Cl)c2)s1. The van der Waals surface area contributed by atoms with Crippen molar-refractivity contribution in [2.24, 2.45) is 0 Å². The van der Waals surface area contributed by atoms with E-state index in [-0.39, 0.29) is 12.1 Å². The van der Waals surface area contributed by atoms with Crippen LogP contribution in [0.15, 0.2) is 36.4 Å². The maximum atomic E-state index is 12.8. The number of carbonyl (C=O) groups excluding carboxylic acids is 1. The molecule has 0 saturated carbocycles. The van der Waals surface area contributed by atoms with Crippen molar-refractivity contribution in [2.45, 2.75) is 38.6 Å². The van der Waals surface area contributed by atoms with Crippen molar-refractivity contribution in [3.8, 4) is 0 Å². The molecule has 1 atom stereocenters. The summed E-state index contributed by atoms with van der Waals surface area (Å²) in [5, 5.41) is 3.62. The Labute approximate surface area is 146 Å². The quantitative estimate of drug-likeness (QED) is 0.724. The number of nitrogens with zero attached hydrogens (tertiary/aromatic N) is 1. The fraction of sp³-hybridized carbons (Fsp3) is 0.389. The summed E-state index contributed by atoms with van der Waals surface area (Å²) in [7, 11) is 0. The van der Waals surface area contributed by atoms with E-state index in [1.165, 1.54) is 22.6 Å². The van der Waals surface area contributed by atoms with Gasteiger partial charge < -0.3 is 10.2 Å². The molecule has 5 heteroatoms. The largest absolute Gasteiger partial charge is 0.322 e. The summed E-state index contributed by atoms with van der Waals surface area (Å²) >= 11 is 7.79. The number of hydrogen-bond acceptors (Lipinski definition) is 2. The molecule has 2 amide bonds. The lowest BCUT2D eigenvalue weighted by atomic mass is 10.1. The molecule has 1 N–H and O–H groups in total. The molecule has 0 aliphatic carbocycles. The number of urea groups is 1. The number of likely N-dealkylation sites (tertiary alicyclic amines) is 1. The molecule has 2 aromatic rings. The minimum Gasteiger partial charge on any atom is -0.317 e. The summed E-state index contributed by atoms with van der Waals surface area (Å²) in [5.41, 5.74) is 0.743. The summed E-state index contributed by atoms with van der Waals surface area (Å²) in [5.74, 6) is 0. The molecule has 0 bridgehead atoms. The lowest BCUT2D eigenvalue weighted by Crippen LogP contribution is -2.37. The van der Waals surface area contributed by atoms with E-state index in [1.807, 2.05) is 17.0 Å². The van der Waals surface area contributed by atoms with E-state index in [9.17, 15) is 4.79 Å². The van der Waals surface area contributed by atoms with E-state index in [2.05, 4.69) is 24.4 Å². The molecule has 1 aromatic heterocycles. The molecule has 3 nitrogen and oxygen atoms in total. The van der Waals surface area contributed by atoms with Gasteiger partial charge in [-0.05, 0) is 50.1 Å².